The van der Waals surface area contributed by atoms with Crippen LogP contribution in [-0.2, 0) is 9.53 Å². The second-order valence-electron chi connectivity index (χ2n) is 5.86. The number of carbonyl (C=O) groups excluding carboxylic acids is 3. The van der Waals surface area contributed by atoms with E-state index in [1.807, 2.05) is 0 Å². The molecule has 0 unspecified atom stereocenters. The summed E-state index contributed by atoms with van der Waals surface area (Å²) in [4.78, 5) is 35.9. The van der Waals surface area contributed by atoms with Crippen molar-refractivity contribution < 1.29 is 28.3 Å². The van der Waals surface area contributed by atoms with Crippen LogP contribution in [0, 0.1) is 0 Å². The van der Waals surface area contributed by atoms with E-state index in [-0.39, 0.29) is 11.3 Å². The Morgan fingerprint density at radius 3 is 2.17 bits per heavy atom. The SMILES string of the molecule is COc1ccc(NC(=O)COC(=O)c2ccc(NC(=O)c3ccco3)cc2)cc1. The Kier molecular flexibility index (Phi) is 6.26. The number of methoxy groups -OCH3 is 1. The summed E-state index contributed by atoms with van der Waals surface area (Å²) in [5, 5.41) is 5.25. The summed E-state index contributed by atoms with van der Waals surface area (Å²) in [6.07, 6.45) is 1.40. The van der Waals surface area contributed by atoms with Crippen LogP contribution in [-0.4, -0.2) is 31.5 Å². The van der Waals surface area contributed by atoms with Crippen LogP contribution in [0.5, 0.6) is 5.75 Å². The zero-order valence-electron chi connectivity index (χ0n) is 15.5. The molecule has 0 radical (unpaired) electrons. The summed E-state index contributed by atoms with van der Waals surface area (Å²) in [6.45, 7) is -0.429. The number of anilines is 2. The predicted octanol–water partition coefficient (Wildman–Crippen LogP) is 3.34. The fraction of sp³-hybridized carbons (Fsp3) is 0.0952. The predicted molar refractivity (Wildman–Crippen MR) is 105 cm³/mol. The number of carbonyl (C=O) groups is 3. The lowest BCUT2D eigenvalue weighted by Gasteiger charge is -2.08. The Labute approximate surface area is 166 Å². The average molecular weight is 394 g/mol. The summed E-state index contributed by atoms with van der Waals surface area (Å²) >= 11 is 0. The van der Waals surface area contributed by atoms with Crippen molar-refractivity contribution in [1.29, 1.82) is 0 Å². The van der Waals surface area contributed by atoms with Gasteiger partial charge in [0, 0.05) is 11.4 Å². The molecule has 0 aliphatic rings. The second kappa shape index (κ2) is 9.23. The number of rotatable bonds is 7. The van der Waals surface area contributed by atoms with Crippen LogP contribution in [0.2, 0.25) is 0 Å². The van der Waals surface area contributed by atoms with Crippen molar-refractivity contribution in [2.24, 2.45) is 0 Å². The monoisotopic (exact) mass is 394 g/mol. The van der Waals surface area contributed by atoms with E-state index in [0.29, 0.717) is 17.1 Å². The van der Waals surface area contributed by atoms with Gasteiger partial charge in [-0.25, -0.2) is 4.79 Å². The maximum Gasteiger partial charge on any atom is 0.338 e. The molecule has 0 saturated heterocycles. The number of ether oxygens (including phenoxy) is 2. The first kappa shape index (κ1) is 19.7. The standard InChI is InChI=1S/C21H18N2O6/c1-27-17-10-8-15(9-11-17)22-19(24)13-29-21(26)14-4-6-16(7-5-14)23-20(25)18-3-2-12-28-18/h2-12H,13H2,1H3,(H,22,24)(H,23,25). The van der Waals surface area contributed by atoms with E-state index in [4.69, 9.17) is 13.9 Å². The van der Waals surface area contributed by atoms with Gasteiger partial charge in [0.05, 0.1) is 18.9 Å². The van der Waals surface area contributed by atoms with Gasteiger partial charge >= 0.3 is 5.97 Å². The minimum absolute atomic E-state index is 0.177. The first-order valence-corrected chi connectivity index (χ1v) is 8.61. The molecule has 1 aromatic heterocycles. The molecule has 0 aliphatic carbocycles. The fourth-order valence-corrected chi connectivity index (χ4v) is 2.38. The van der Waals surface area contributed by atoms with E-state index < -0.39 is 24.4 Å². The first-order valence-electron chi connectivity index (χ1n) is 8.61. The molecule has 0 saturated carbocycles. The normalized spacial score (nSPS) is 10.1. The number of hydrogen-bond acceptors (Lipinski definition) is 6. The molecule has 2 aromatic carbocycles. The summed E-state index contributed by atoms with van der Waals surface area (Å²) < 4.78 is 15.1. The van der Waals surface area contributed by atoms with Gasteiger partial charge < -0.3 is 24.5 Å². The number of amides is 2. The zero-order chi connectivity index (χ0) is 20.6. The van der Waals surface area contributed by atoms with Gasteiger partial charge in [-0.15, -0.1) is 0 Å². The highest BCUT2D eigenvalue weighted by Gasteiger charge is 2.12. The third kappa shape index (κ3) is 5.46. The van der Waals surface area contributed by atoms with Crippen molar-refractivity contribution in [3.63, 3.8) is 0 Å². The summed E-state index contributed by atoms with van der Waals surface area (Å²) in [5.74, 6) is -0.681. The third-order valence-electron chi connectivity index (χ3n) is 3.83. The van der Waals surface area contributed by atoms with Crippen LogP contribution < -0.4 is 15.4 Å². The van der Waals surface area contributed by atoms with E-state index in [9.17, 15) is 14.4 Å². The molecule has 0 spiro atoms. The number of esters is 1. The van der Waals surface area contributed by atoms with Gasteiger partial charge in [0.15, 0.2) is 12.4 Å². The fourth-order valence-electron chi connectivity index (χ4n) is 2.38. The summed E-state index contributed by atoms with van der Waals surface area (Å²) in [7, 11) is 1.55. The topological polar surface area (TPSA) is 107 Å². The minimum atomic E-state index is -0.654. The zero-order valence-corrected chi connectivity index (χ0v) is 15.5. The van der Waals surface area contributed by atoms with Crippen LogP contribution in [0.3, 0.4) is 0 Å². The number of furan rings is 1. The van der Waals surface area contributed by atoms with Crippen molar-refractivity contribution in [1.82, 2.24) is 0 Å². The largest absolute Gasteiger partial charge is 0.497 e. The average Bonchev–Trinajstić information content (AvgIpc) is 3.28. The molecule has 0 atom stereocenters. The van der Waals surface area contributed by atoms with E-state index in [0.717, 1.165) is 0 Å². The summed E-state index contributed by atoms with van der Waals surface area (Å²) in [6, 6.07) is 16.0. The lowest BCUT2D eigenvalue weighted by Crippen LogP contribution is -2.20. The molecule has 2 N–H and O–H groups in total. The Hall–Kier alpha value is -4.07. The molecular formula is C21H18N2O6. The van der Waals surface area contributed by atoms with Crippen LogP contribution in [0.25, 0.3) is 0 Å². The maximum absolute atomic E-state index is 12.1. The Balaban J connectivity index is 1.48. The molecule has 0 aliphatic heterocycles. The quantitative estimate of drug-likeness (QED) is 0.595. The smallest absolute Gasteiger partial charge is 0.338 e. The Bertz CT molecular complexity index is 979. The van der Waals surface area contributed by atoms with Gasteiger partial charge in [0.1, 0.15) is 5.75 Å². The van der Waals surface area contributed by atoms with Crippen LogP contribution >= 0.6 is 0 Å². The van der Waals surface area contributed by atoms with Crippen LogP contribution in [0.4, 0.5) is 11.4 Å². The molecule has 0 bridgehead atoms. The highest BCUT2D eigenvalue weighted by molar-refractivity contribution is 6.02. The van der Waals surface area contributed by atoms with Gasteiger partial charge in [0.25, 0.3) is 11.8 Å². The lowest BCUT2D eigenvalue weighted by molar-refractivity contribution is -0.119. The van der Waals surface area contributed by atoms with Gasteiger partial charge in [-0.05, 0) is 60.7 Å². The first-order chi connectivity index (χ1) is 14.0. The van der Waals surface area contributed by atoms with Gasteiger partial charge in [-0.3, -0.25) is 9.59 Å². The lowest BCUT2D eigenvalue weighted by atomic mass is 10.2. The molecule has 8 nitrogen and oxygen atoms in total. The van der Waals surface area contributed by atoms with Crippen LogP contribution in [0.1, 0.15) is 20.9 Å². The molecule has 3 aromatic rings. The minimum Gasteiger partial charge on any atom is -0.497 e. The van der Waals surface area contributed by atoms with Crippen molar-refractivity contribution in [3.05, 3.63) is 78.3 Å². The van der Waals surface area contributed by atoms with E-state index in [1.54, 1.807) is 49.6 Å². The molecular weight excluding hydrogens is 376 g/mol. The second-order valence-corrected chi connectivity index (χ2v) is 5.86. The maximum atomic E-state index is 12.1. The number of nitrogens with one attached hydrogen (secondary N) is 2. The molecule has 2 amide bonds. The third-order valence-corrected chi connectivity index (χ3v) is 3.83. The van der Waals surface area contributed by atoms with Gasteiger partial charge in [-0.1, -0.05) is 0 Å². The molecule has 8 heteroatoms. The van der Waals surface area contributed by atoms with Crippen molar-refractivity contribution >= 4 is 29.2 Å². The Morgan fingerprint density at radius 1 is 0.897 bits per heavy atom. The van der Waals surface area contributed by atoms with Crippen molar-refractivity contribution in [3.8, 4) is 5.75 Å². The number of benzene rings is 2. The molecule has 0 fully saturated rings. The van der Waals surface area contributed by atoms with Crippen LogP contribution in [0.15, 0.2) is 71.3 Å². The Morgan fingerprint density at radius 2 is 1.55 bits per heavy atom. The van der Waals surface area contributed by atoms with Crippen molar-refractivity contribution in [2.45, 2.75) is 0 Å². The molecule has 1 heterocycles. The van der Waals surface area contributed by atoms with E-state index >= 15 is 0 Å². The molecule has 29 heavy (non-hydrogen) atoms. The van der Waals surface area contributed by atoms with Crippen molar-refractivity contribution in [2.75, 3.05) is 24.4 Å². The highest BCUT2D eigenvalue weighted by Crippen LogP contribution is 2.15. The molecule has 3 rings (SSSR count). The highest BCUT2D eigenvalue weighted by atomic mass is 16.5. The van der Waals surface area contributed by atoms with Gasteiger partial charge in [0.2, 0.25) is 0 Å². The summed E-state index contributed by atoms with van der Waals surface area (Å²) in [5.41, 5.74) is 1.29. The molecule has 148 valence electrons. The number of hydrogen-bond donors (Lipinski definition) is 2. The van der Waals surface area contributed by atoms with E-state index in [2.05, 4.69) is 10.6 Å². The van der Waals surface area contributed by atoms with Gasteiger partial charge in [-0.2, -0.15) is 0 Å². The van der Waals surface area contributed by atoms with E-state index in [1.165, 1.54) is 24.5 Å².